The van der Waals surface area contributed by atoms with Crippen molar-refractivity contribution in [3.63, 3.8) is 0 Å². The van der Waals surface area contributed by atoms with Gasteiger partial charge in [0.25, 0.3) is 11.8 Å². The second kappa shape index (κ2) is 4.41. The first-order valence-electron chi connectivity index (χ1n) is 6.66. The molecule has 21 heavy (non-hydrogen) atoms. The number of hydrazine groups is 1. The average Bonchev–Trinajstić information content (AvgIpc) is 3.19. The first kappa shape index (κ1) is 13.0. The highest BCUT2D eigenvalue weighted by Gasteiger charge is 2.62. The van der Waals surface area contributed by atoms with Crippen molar-refractivity contribution in [3.8, 4) is 0 Å². The lowest BCUT2D eigenvalue weighted by atomic mass is 9.81. The summed E-state index contributed by atoms with van der Waals surface area (Å²) in [5.41, 5.74) is 2.33. The van der Waals surface area contributed by atoms with E-state index >= 15 is 0 Å². The molecule has 8 heteroatoms. The van der Waals surface area contributed by atoms with Crippen LogP contribution in [0.25, 0.3) is 0 Å². The van der Waals surface area contributed by atoms with E-state index in [1.54, 1.807) is 6.07 Å². The lowest BCUT2D eigenvalue weighted by Gasteiger charge is -2.17. The van der Waals surface area contributed by atoms with Gasteiger partial charge >= 0.3 is 5.91 Å². The first-order chi connectivity index (χ1) is 10.1. The van der Waals surface area contributed by atoms with Gasteiger partial charge in [-0.05, 0) is 40.9 Å². The van der Waals surface area contributed by atoms with Crippen LogP contribution in [0, 0.1) is 11.8 Å². The number of ether oxygens (including phenoxy) is 1. The van der Waals surface area contributed by atoms with E-state index in [2.05, 4.69) is 21.4 Å². The normalized spacial score (nSPS) is 33.7. The third kappa shape index (κ3) is 1.78. The molecule has 3 aliphatic rings. The Hall–Kier alpha value is -1.67. The zero-order chi connectivity index (χ0) is 14.7. The molecule has 4 heterocycles. The monoisotopic (exact) mass is 354 g/mol. The number of amides is 3. The van der Waals surface area contributed by atoms with E-state index < -0.39 is 29.6 Å². The van der Waals surface area contributed by atoms with Gasteiger partial charge in [0.05, 0.1) is 24.0 Å². The van der Waals surface area contributed by atoms with E-state index in [1.165, 1.54) is 6.07 Å². The lowest BCUT2D eigenvalue weighted by Crippen LogP contribution is -2.47. The van der Waals surface area contributed by atoms with E-state index in [-0.39, 0.29) is 18.0 Å². The third-order valence-corrected chi connectivity index (χ3v) is 4.72. The highest BCUT2D eigenvalue weighted by molar-refractivity contribution is 9.10. The second-order valence-electron chi connectivity index (χ2n) is 5.40. The number of halogens is 1. The van der Waals surface area contributed by atoms with Gasteiger partial charge in [0.1, 0.15) is 0 Å². The van der Waals surface area contributed by atoms with Crippen LogP contribution in [-0.2, 0) is 14.3 Å². The van der Waals surface area contributed by atoms with Crippen LogP contribution in [0.5, 0.6) is 0 Å². The number of nitrogens with zero attached hydrogens (tertiary/aromatic N) is 1. The highest BCUT2D eigenvalue weighted by atomic mass is 79.9. The van der Waals surface area contributed by atoms with E-state index in [0.717, 1.165) is 17.9 Å². The van der Waals surface area contributed by atoms with Crippen LogP contribution < -0.4 is 5.43 Å². The minimum Gasteiger partial charge on any atom is -0.444 e. The molecule has 1 aromatic heterocycles. The summed E-state index contributed by atoms with van der Waals surface area (Å²) < 4.78 is 11.1. The summed E-state index contributed by atoms with van der Waals surface area (Å²) in [5, 5.41) is 0.821. The fourth-order valence-electron chi connectivity index (χ4n) is 3.42. The van der Waals surface area contributed by atoms with Gasteiger partial charge in [0, 0.05) is 0 Å². The van der Waals surface area contributed by atoms with E-state index in [1.807, 2.05) is 0 Å². The number of carbonyl (C=O) groups is 3. The maximum absolute atomic E-state index is 12.3. The second-order valence-corrected chi connectivity index (χ2v) is 6.18. The van der Waals surface area contributed by atoms with E-state index in [9.17, 15) is 14.4 Å². The maximum atomic E-state index is 12.3. The van der Waals surface area contributed by atoms with Gasteiger partial charge in [0.15, 0.2) is 10.4 Å². The van der Waals surface area contributed by atoms with E-state index in [0.29, 0.717) is 4.67 Å². The maximum Gasteiger partial charge on any atom is 0.306 e. The molecule has 3 aliphatic heterocycles. The van der Waals surface area contributed by atoms with E-state index in [4.69, 9.17) is 9.15 Å². The molecule has 0 aromatic carbocycles. The standard InChI is InChI=1S/C13H11BrN2O5/c14-8-4-3-7(21-8)11(17)15-16-12(18)9-5-1-2-6(20-5)10(9)13(16)19/h3-6,9-10H,1-2H2,(H,15,17)/t5-,6-,9-,10+/m1/s1. The zero-order valence-corrected chi connectivity index (χ0v) is 12.3. The molecule has 2 bridgehead atoms. The van der Waals surface area contributed by atoms with Crippen molar-refractivity contribution in [2.45, 2.75) is 25.0 Å². The molecule has 1 N–H and O–H groups in total. The first-order valence-corrected chi connectivity index (χ1v) is 7.45. The minimum atomic E-state index is -0.629. The van der Waals surface area contributed by atoms with Crippen molar-refractivity contribution in [1.82, 2.24) is 10.4 Å². The fraction of sp³-hybridized carbons (Fsp3) is 0.462. The Kier molecular flexibility index (Phi) is 2.74. The highest BCUT2D eigenvalue weighted by Crippen LogP contribution is 2.48. The number of rotatable bonds is 2. The Morgan fingerprint density at radius 1 is 1.19 bits per heavy atom. The Morgan fingerprint density at radius 2 is 1.81 bits per heavy atom. The van der Waals surface area contributed by atoms with Crippen LogP contribution >= 0.6 is 15.9 Å². The Labute approximate surface area is 127 Å². The summed E-state index contributed by atoms with van der Waals surface area (Å²) in [6, 6.07) is 3.02. The van der Waals surface area contributed by atoms with Crippen molar-refractivity contribution < 1.29 is 23.5 Å². The molecule has 7 nitrogen and oxygen atoms in total. The number of hydrogen-bond donors (Lipinski definition) is 1. The molecule has 3 saturated heterocycles. The van der Waals surface area contributed by atoms with Crippen LogP contribution in [0.1, 0.15) is 23.4 Å². The number of imide groups is 1. The lowest BCUT2D eigenvalue weighted by molar-refractivity contribution is -0.145. The van der Waals surface area contributed by atoms with Crippen LogP contribution in [0.3, 0.4) is 0 Å². The van der Waals surface area contributed by atoms with Gasteiger partial charge in [-0.15, -0.1) is 0 Å². The molecular formula is C13H11BrN2O5. The van der Waals surface area contributed by atoms with Crippen molar-refractivity contribution in [2.24, 2.45) is 11.8 Å². The summed E-state index contributed by atoms with van der Waals surface area (Å²) in [6.45, 7) is 0. The van der Waals surface area contributed by atoms with Crippen LogP contribution in [0.15, 0.2) is 21.2 Å². The van der Waals surface area contributed by atoms with Gasteiger partial charge in [-0.1, -0.05) is 0 Å². The summed E-state index contributed by atoms with van der Waals surface area (Å²) in [6.07, 6.45) is 1.18. The van der Waals surface area contributed by atoms with Gasteiger partial charge in [0.2, 0.25) is 0 Å². The molecule has 0 saturated carbocycles. The Balaban J connectivity index is 1.55. The largest absolute Gasteiger partial charge is 0.444 e. The number of carbonyl (C=O) groups excluding carboxylic acids is 3. The van der Waals surface area contributed by atoms with Crippen LogP contribution in [0.4, 0.5) is 0 Å². The summed E-state index contributed by atoms with van der Waals surface area (Å²) in [4.78, 5) is 36.7. The average molecular weight is 355 g/mol. The third-order valence-electron chi connectivity index (χ3n) is 4.29. The van der Waals surface area contributed by atoms with Crippen molar-refractivity contribution in [2.75, 3.05) is 0 Å². The van der Waals surface area contributed by atoms with Gasteiger partial charge in [-0.2, -0.15) is 5.01 Å². The molecule has 0 aliphatic carbocycles. The summed E-state index contributed by atoms with van der Waals surface area (Å²) in [5.74, 6) is -2.30. The molecule has 110 valence electrons. The Bertz CT molecular complexity index is 629. The predicted molar refractivity (Wildman–Crippen MR) is 70.6 cm³/mol. The SMILES string of the molecule is O=C(NN1C(=O)[C@@H]2[C@H](C1=O)[C@H]1CC[C@H]2O1)c1ccc(Br)o1. The molecule has 0 unspecified atom stereocenters. The van der Waals surface area contributed by atoms with Gasteiger partial charge in [-0.25, -0.2) is 0 Å². The number of hydrogen-bond acceptors (Lipinski definition) is 5. The smallest absolute Gasteiger partial charge is 0.306 e. The quantitative estimate of drug-likeness (QED) is 0.795. The molecule has 3 amide bonds. The van der Waals surface area contributed by atoms with Crippen LogP contribution in [0.2, 0.25) is 0 Å². The van der Waals surface area contributed by atoms with Gasteiger partial charge in [-0.3, -0.25) is 19.8 Å². The summed E-state index contributed by atoms with van der Waals surface area (Å²) in [7, 11) is 0. The zero-order valence-electron chi connectivity index (χ0n) is 10.7. The predicted octanol–water partition coefficient (Wildman–Crippen LogP) is 0.849. The number of fused-ring (bicyclic) bond motifs is 5. The Morgan fingerprint density at radius 3 is 2.33 bits per heavy atom. The molecule has 3 fully saturated rings. The summed E-state index contributed by atoms with van der Waals surface area (Å²) >= 11 is 3.09. The van der Waals surface area contributed by atoms with Crippen LogP contribution in [-0.4, -0.2) is 34.9 Å². The minimum absolute atomic E-state index is 0.0266. The van der Waals surface area contributed by atoms with Crippen molar-refractivity contribution >= 4 is 33.7 Å². The topological polar surface area (TPSA) is 88.9 Å². The number of nitrogens with one attached hydrogen (secondary N) is 1. The molecule has 1 aromatic rings. The molecule has 0 radical (unpaired) electrons. The molecule has 4 rings (SSSR count). The molecule has 4 atom stereocenters. The fourth-order valence-corrected chi connectivity index (χ4v) is 3.72. The van der Waals surface area contributed by atoms with Crippen molar-refractivity contribution in [3.05, 3.63) is 22.6 Å². The molecular weight excluding hydrogens is 344 g/mol. The van der Waals surface area contributed by atoms with Gasteiger partial charge < -0.3 is 9.15 Å². The number of furan rings is 1. The molecule has 0 spiro atoms. The van der Waals surface area contributed by atoms with Crippen molar-refractivity contribution in [1.29, 1.82) is 0 Å².